The molecule has 0 saturated heterocycles. The number of hydrogen-bond donors (Lipinski definition) is 0. The van der Waals surface area contributed by atoms with Crippen LogP contribution in [-0.4, -0.2) is 4.92 Å². The van der Waals surface area contributed by atoms with Gasteiger partial charge in [-0.1, -0.05) is 30.4 Å². The maximum atomic E-state index is 10.9. The Hall–Kier alpha value is -2.41. The first-order chi connectivity index (χ1) is 9.70. The van der Waals surface area contributed by atoms with Crippen molar-refractivity contribution in [2.45, 2.75) is 12.3 Å². The lowest BCUT2D eigenvalue weighted by Crippen LogP contribution is -2.16. The number of nitro groups is 1. The van der Waals surface area contributed by atoms with Crippen molar-refractivity contribution in [3.63, 3.8) is 0 Å². The Morgan fingerprint density at radius 3 is 2.90 bits per heavy atom. The van der Waals surface area contributed by atoms with Gasteiger partial charge >= 0.3 is 0 Å². The van der Waals surface area contributed by atoms with Crippen LogP contribution >= 0.6 is 0 Å². The third kappa shape index (κ3) is 2.01. The molecular formula is C16H14N2O2. The van der Waals surface area contributed by atoms with Gasteiger partial charge in [-0.25, -0.2) is 0 Å². The highest BCUT2D eigenvalue weighted by Crippen LogP contribution is 2.53. The van der Waals surface area contributed by atoms with E-state index in [1.165, 1.54) is 12.1 Å². The summed E-state index contributed by atoms with van der Waals surface area (Å²) in [5, 5.41) is 19.6. The number of nitrogens with zero attached hydrogens (tertiary/aromatic N) is 2. The number of nitriles is 1. The van der Waals surface area contributed by atoms with E-state index in [-0.39, 0.29) is 22.4 Å². The van der Waals surface area contributed by atoms with Gasteiger partial charge in [-0.15, -0.1) is 0 Å². The Labute approximate surface area is 117 Å². The Morgan fingerprint density at radius 2 is 2.15 bits per heavy atom. The van der Waals surface area contributed by atoms with E-state index in [1.54, 1.807) is 12.1 Å². The van der Waals surface area contributed by atoms with Crippen LogP contribution in [0.4, 0.5) is 5.69 Å². The third-order valence-electron chi connectivity index (χ3n) is 4.38. The molecule has 1 fully saturated rings. The summed E-state index contributed by atoms with van der Waals surface area (Å²) < 4.78 is 0. The van der Waals surface area contributed by atoms with Crippen molar-refractivity contribution in [3.8, 4) is 6.07 Å². The first-order valence-electron chi connectivity index (χ1n) is 6.69. The molecule has 0 spiro atoms. The molecule has 3 rings (SSSR count). The summed E-state index contributed by atoms with van der Waals surface area (Å²) in [6.07, 6.45) is 8.99. The lowest BCUT2D eigenvalue weighted by molar-refractivity contribution is -0.384. The predicted octanol–water partition coefficient (Wildman–Crippen LogP) is 3.58. The van der Waals surface area contributed by atoms with Gasteiger partial charge in [0, 0.05) is 18.2 Å². The third-order valence-corrected chi connectivity index (χ3v) is 4.38. The van der Waals surface area contributed by atoms with E-state index < -0.39 is 0 Å². The first-order valence-corrected chi connectivity index (χ1v) is 6.69. The number of non-ortho nitro benzene ring substituents is 1. The molecule has 4 atom stereocenters. The van der Waals surface area contributed by atoms with Gasteiger partial charge in [0.1, 0.15) is 0 Å². The van der Waals surface area contributed by atoms with Gasteiger partial charge in [-0.05, 0) is 35.7 Å². The number of fused-ring (bicyclic) bond motifs is 2. The molecule has 2 aliphatic carbocycles. The SMILES string of the molecule is N#CC=CC1C2C=CC(C2)C1c1cccc([N+](=O)[O-])c1. The summed E-state index contributed by atoms with van der Waals surface area (Å²) in [5.74, 6) is 1.39. The molecule has 4 heteroatoms. The second-order valence-corrected chi connectivity index (χ2v) is 5.39. The molecule has 0 radical (unpaired) electrons. The summed E-state index contributed by atoms with van der Waals surface area (Å²) in [6.45, 7) is 0. The number of benzene rings is 1. The second-order valence-electron chi connectivity index (χ2n) is 5.39. The smallest absolute Gasteiger partial charge is 0.258 e. The minimum atomic E-state index is -0.354. The Kier molecular flexibility index (Phi) is 3.11. The van der Waals surface area contributed by atoms with Crippen molar-refractivity contribution in [1.82, 2.24) is 0 Å². The van der Waals surface area contributed by atoms with Crippen LogP contribution in [0, 0.1) is 39.2 Å². The molecule has 0 aromatic heterocycles. The van der Waals surface area contributed by atoms with Crippen LogP contribution in [-0.2, 0) is 0 Å². The van der Waals surface area contributed by atoms with Crippen molar-refractivity contribution in [2.24, 2.45) is 17.8 Å². The van der Waals surface area contributed by atoms with Gasteiger partial charge in [0.05, 0.1) is 11.0 Å². The monoisotopic (exact) mass is 266 g/mol. The summed E-state index contributed by atoms with van der Waals surface area (Å²) in [5.41, 5.74) is 1.14. The highest BCUT2D eigenvalue weighted by Gasteiger charge is 2.44. The maximum Gasteiger partial charge on any atom is 0.269 e. The molecule has 2 bridgehead atoms. The highest BCUT2D eigenvalue weighted by atomic mass is 16.6. The van der Waals surface area contributed by atoms with E-state index in [2.05, 4.69) is 12.2 Å². The van der Waals surface area contributed by atoms with Crippen molar-refractivity contribution < 1.29 is 4.92 Å². The van der Waals surface area contributed by atoms with Gasteiger partial charge in [0.25, 0.3) is 5.69 Å². The molecule has 1 aromatic rings. The van der Waals surface area contributed by atoms with Crippen LogP contribution in [0.15, 0.2) is 48.6 Å². The normalized spacial score (nSPS) is 30.8. The summed E-state index contributed by atoms with van der Waals surface area (Å²) in [6, 6.07) is 8.94. The van der Waals surface area contributed by atoms with E-state index in [1.807, 2.05) is 18.2 Å². The number of rotatable bonds is 3. The van der Waals surface area contributed by atoms with E-state index in [9.17, 15) is 10.1 Å². The fourth-order valence-electron chi connectivity index (χ4n) is 3.59. The average Bonchev–Trinajstić information content (AvgIpc) is 3.05. The molecule has 0 heterocycles. The summed E-state index contributed by atoms with van der Waals surface area (Å²) >= 11 is 0. The van der Waals surface area contributed by atoms with E-state index >= 15 is 0 Å². The molecule has 0 aliphatic heterocycles. The van der Waals surface area contributed by atoms with Crippen LogP contribution in [0.25, 0.3) is 0 Å². The molecule has 4 nitrogen and oxygen atoms in total. The first kappa shape index (κ1) is 12.6. The minimum Gasteiger partial charge on any atom is -0.258 e. The number of nitro benzene ring substituents is 1. The van der Waals surface area contributed by atoms with Crippen molar-refractivity contribution in [2.75, 3.05) is 0 Å². The van der Waals surface area contributed by atoms with Crippen LogP contribution in [0.2, 0.25) is 0 Å². The molecule has 4 unspecified atom stereocenters. The van der Waals surface area contributed by atoms with Gasteiger partial charge in [0.2, 0.25) is 0 Å². The molecule has 0 N–H and O–H groups in total. The predicted molar refractivity (Wildman–Crippen MR) is 74.8 cm³/mol. The molecule has 0 amide bonds. The quantitative estimate of drug-likeness (QED) is 0.363. The standard InChI is InChI=1S/C16H14N2O2/c17-8-2-5-15-11-6-7-13(9-11)16(15)12-3-1-4-14(10-12)18(19)20/h1-7,10-11,13,15-16H,9H2. The molecule has 100 valence electrons. The minimum absolute atomic E-state index is 0.136. The van der Waals surface area contributed by atoms with Crippen LogP contribution in [0.3, 0.4) is 0 Å². The van der Waals surface area contributed by atoms with Gasteiger partial charge < -0.3 is 0 Å². The average molecular weight is 266 g/mol. The van der Waals surface area contributed by atoms with Crippen LogP contribution in [0.1, 0.15) is 17.9 Å². The summed E-state index contributed by atoms with van der Waals surface area (Å²) in [7, 11) is 0. The largest absolute Gasteiger partial charge is 0.269 e. The van der Waals surface area contributed by atoms with Gasteiger partial charge in [-0.2, -0.15) is 5.26 Å². The fraction of sp³-hybridized carbons (Fsp3) is 0.312. The topological polar surface area (TPSA) is 66.9 Å². The number of allylic oxidation sites excluding steroid dienone is 4. The van der Waals surface area contributed by atoms with Gasteiger partial charge in [0.15, 0.2) is 0 Å². The molecule has 1 saturated carbocycles. The Morgan fingerprint density at radius 1 is 1.35 bits per heavy atom. The molecular weight excluding hydrogens is 252 g/mol. The second kappa shape index (κ2) is 4.93. The Balaban J connectivity index is 1.97. The Bertz CT molecular complexity index is 642. The molecule has 2 aliphatic rings. The number of hydrogen-bond acceptors (Lipinski definition) is 3. The zero-order valence-electron chi connectivity index (χ0n) is 10.8. The van der Waals surface area contributed by atoms with Gasteiger partial charge in [-0.3, -0.25) is 10.1 Å². The fourth-order valence-corrected chi connectivity index (χ4v) is 3.59. The lowest BCUT2D eigenvalue weighted by atomic mass is 9.78. The van der Waals surface area contributed by atoms with Crippen LogP contribution in [0.5, 0.6) is 0 Å². The zero-order valence-corrected chi connectivity index (χ0v) is 10.8. The van der Waals surface area contributed by atoms with Crippen molar-refractivity contribution in [3.05, 3.63) is 64.2 Å². The van der Waals surface area contributed by atoms with E-state index in [0.717, 1.165) is 12.0 Å². The zero-order chi connectivity index (χ0) is 14.1. The van der Waals surface area contributed by atoms with Crippen molar-refractivity contribution in [1.29, 1.82) is 5.26 Å². The van der Waals surface area contributed by atoms with Crippen LogP contribution < -0.4 is 0 Å². The summed E-state index contributed by atoms with van der Waals surface area (Å²) in [4.78, 5) is 10.6. The molecule has 1 aromatic carbocycles. The maximum absolute atomic E-state index is 10.9. The van der Waals surface area contributed by atoms with E-state index in [4.69, 9.17) is 5.26 Å². The highest BCUT2D eigenvalue weighted by molar-refractivity contribution is 5.40. The lowest BCUT2D eigenvalue weighted by Gasteiger charge is -2.25. The van der Waals surface area contributed by atoms with E-state index in [0.29, 0.717) is 11.8 Å². The molecule has 20 heavy (non-hydrogen) atoms. The van der Waals surface area contributed by atoms with Crippen molar-refractivity contribution >= 4 is 5.69 Å².